The Hall–Kier alpha value is -1.29. The van der Waals surface area contributed by atoms with Crippen LogP contribution in [-0.2, 0) is 0 Å². The van der Waals surface area contributed by atoms with Crippen LogP contribution in [-0.4, -0.2) is 25.7 Å². The molecule has 0 radical (unpaired) electrons. The highest BCUT2D eigenvalue weighted by Gasteiger charge is 2.25. The van der Waals surface area contributed by atoms with Crippen LogP contribution in [0.4, 0.5) is 10.1 Å². The van der Waals surface area contributed by atoms with Crippen molar-refractivity contribution in [1.29, 1.82) is 0 Å². The molecule has 2 unspecified atom stereocenters. The smallest absolute Gasteiger partial charge is 0.146 e. The van der Waals surface area contributed by atoms with Crippen LogP contribution in [0.3, 0.4) is 0 Å². The summed E-state index contributed by atoms with van der Waals surface area (Å²) in [6, 6.07) is 5.34. The Bertz CT molecular complexity index is 397. The summed E-state index contributed by atoms with van der Waals surface area (Å²) in [4.78, 5) is 2.07. The molecule has 1 saturated heterocycles. The van der Waals surface area contributed by atoms with E-state index in [0.717, 1.165) is 19.4 Å². The Morgan fingerprint density at radius 1 is 1.47 bits per heavy atom. The molecule has 3 nitrogen and oxygen atoms in total. The van der Waals surface area contributed by atoms with Gasteiger partial charge in [0.05, 0.1) is 12.8 Å². The van der Waals surface area contributed by atoms with Crippen molar-refractivity contribution in [3.63, 3.8) is 0 Å². The summed E-state index contributed by atoms with van der Waals surface area (Å²) in [5.41, 5.74) is 6.53. The minimum Gasteiger partial charge on any atom is -0.497 e. The van der Waals surface area contributed by atoms with Gasteiger partial charge in [0.1, 0.15) is 11.6 Å². The maximum atomic E-state index is 13.8. The molecule has 0 bridgehead atoms. The zero-order valence-corrected chi connectivity index (χ0v) is 10.3. The zero-order valence-electron chi connectivity index (χ0n) is 10.3. The van der Waals surface area contributed by atoms with E-state index in [2.05, 4.69) is 11.8 Å². The van der Waals surface area contributed by atoms with Crippen LogP contribution in [0.1, 0.15) is 19.8 Å². The normalized spacial score (nSPS) is 24.8. The zero-order chi connectivity index (χ0) is 12.4. The van der Waals surface area contributed by atoms with Crippen molar-refractivity contribution in [2.24, 2.45) is 5.73 Å². The average Bonchev–Trinajstić information content (AvgIpc) is 2.30. The van der Waals surface area contributed by atoms with E-state index in [4.69, 9.17) is 10.5 Å². The molecule has 0 aliphatic carbocycles. The van der Waals surface area contributed by atoms with E-state index < -0.39 is 0 Å². The van der Waals surface area contributed by atoms with E-state index in [9.17, 15) is 4.39 Å². The van der Waals surface area contributed by atoms with E-state index >= 15 is 0 Å². The van der Waals surface area contributed by atoms with Gasteiger partial charge in [0.25, 0.3) is 0 Å². The molecule has 17 heavy (non-hydrogen) atoms. The van der Waals surface area contributed by atoms with E-state index in [0.29, 0.717) is 11.4 Å². The summed E-state index contributed by atoms with van der Waals surface area (Å²) in [5.74, 6) is 0.483. The number of hydrogen-bond acceptors (Lipinski definition) is 3. The lowest BCUT2D eigenvalue weighted by Gasteiger charge is -2.38. The number of ether oxygens (including phenoxy) is 1. The van der Waals surface area contributed by atoms with Gasteiger partial charge >= 0.3 is 0 Å². The quantitative estimate of drug-likeness (QED) is 0.858. The fraction of sp³-hybridized carbons (Fsp3) is 0.538. The molecule has 1 fully saturated rings. The maximum absolute atomic E-state index is 13.8. The summed E-state index contributed by atoms with van der Waals surface area (Å²) >= 11 is 0. The van der Waals surface area contributed by atoms with Gasteiger partial charge in [0.2, 0.25) is 0 Å². The Labute approximate surface area is 101 Å². The lowest BCUT2D eigenvalue weighted by Crippen LogP contribution is -2.46. The second-order valence-corrected chi connectivity index (χ2v) is 4.64. The molecule has 1 aromatic carbocycles. The number of anilines is 1. The minimum atomic E-state index is -0.201. The van der Waals surface area contributed by atoms with Gasteiger partial charge in [-0.25, -0.2) is 4.39 Å². The van der Waals surface area contributed by atoms with Crippen LogP contribution in [0.5, 0.6) is 5.75 Å². The standard InChI is InChI=1S/C13H19FN2O/c1-9-7-10(15)5-6-16(9)13-8-11(17-2)3-4-12(13)14/h3-4,8-10H,5-7,15H2,1-2H3. The van der Waals surface area contributed by atoms with Crippen LogP contribution in [0.15, 0.2) is 18.2 Å². The minimum absolute atomic E-state index is 0.201. The second-order valence-electron chi connectivity index (χ2n) is 4.64. The van der Waals surface area contributed by atoms with Gasteiger partial charge in [-0.1, -0.05) is 0 Å². The Balaban J connectivity index is 2.26. The van der Waals surface area contributed by atoms with E-state index in [1.165, 1.54) is 6.07 Å². The van der Waals surface area contributed by atoms with Crippen molar-refractivity contribution >= 4 is 5.69 Å². The van der Waals surface area contributed by atoms with Gasteiger partial charge in [-0.15, -0.1) is 0 Å². The van der Waals surface area contributed by atoms with Crippen molar-refractivity contribution in [1.82, 2.24) is 0 Å². The van der Waals surface area contributed by atoms with Crippen LogP contribution in [0, 0.1) is 5.82 Å². The van der Waals surface area contributed by atoms with Gasteiger partial charge in [0.15, 0.2) is 0 Å². The lowest BCUT2D eigenvalue weighted by atomic mass is 9.98. The predicted molar refractivity (Wildman–Crippen MR) is 67.0 cm³/mol. The first-order valence-corrected chi connectivity index (χ1v) is 5.97. The number of methoxy groups -OCH3 is 1. The Morgan fingerprint density at radius 2 is 2.24 bits per heavy atom. The number of nitrogens with two attached hydrogens (primary N) is 1. The van der Waals surface area contributed by atoms with Gasteiger partial charge in [0, 0.05) is 24.7 Å². The number of halogens is 1. The van der Waals surface area contributed by atoms with E-state index in [-0.39, 0.29) is 17.9 Å². The number of piperidine rings is 1. The summed E-state index contributed by atoms with van der Waals surface area (Å²) in [5, 5.41) is 0. The predicted octanol–water partition coefficient (Wildman–Crippen LogP) is 2.15. The van der Waals surface area contributed by atoms with Crippen LogP contribution in [0.2, 0.25) is 0 Å². The number of rotatable bonds is 2. The van der Waals surface area contributed by atoms with E-state index in [1.807, 2.05) is 0 Å². The van der Waals surface area contributed by atoms with Crippen molar-refractivity contribution in [2.75, 3.05) is 18.6 Å². The van der Waals surface area contributed by atoms with Crippen LogP contribution >= 0.6 is 0 Å². The van der Waals surface area contributed by atoms with Gasteiger partial charge < -0.3 is 15.4 Å². The molecule has 1 aromatic rings. The summed E-state index contributed by atoms with van der Waals surface area (Å²) in [6.07, 6.45) is 1.80. The number of hydrogen-bond donors (Lipinski definition) is 1. The SMILES string of the molecule is COc1ccc(F)c(N2CCC(N)CC2C)c1. The first-order chi connectivity index (χ1) is 8.11. The first kappa shape index (κ1) is 12.2. The Morgan fingerprint density at radius 3 is 2.88 bits per heavy atom. The van der Waals surface area contributed by atoms with E-state index in [1.54, 1.807) is 19.2 Å². The number of benzene rings is 1. The Kier molecular flexibility index (Phi) is 3.52. The molecule has 1 aliphatic heterocycles. The highest BCUT2D eigenvalue weighted by atomic mass is 19.1. The molecule has 0 amide bonds. The van der Waals surface area contributed by atoms with Crippen LogP contribution < -0.4 is 15.4 Å². The molecule has 1 heterocycles. The molecule has 2 atom stereocenters. The van der Waals surface area contributed by atoms with Crippen molar-refractivity contribution < 1.29 is 9.13 Å². The van der Waals surface area contributed by atoms with Gasteiger partial charge in [-0.3, -0.25) is 0 Å². The fourth-order valence-electron chi connectivity index (χ4n) is 2.41. The summed E-state index contributed by atoms with van der Waals surface area (Å²) in [7, 11) is 1.59. The highest BCUT2D eigenvalue weighted by Crippen LogP contribution is 2.29. The molecule has 94 valence electrons. The monoisotopic (exact) mass is 238 g/mol. The molecule has 0 spiro atoms. The summed E-state index contributed by atoms with van der Waals surface area (Å²) in [6.45, 7) is 2.88. The van der Waals surface area contributed by atoms with Crippen molar-refractivity contribution in [3.8, 4) is 5.75 Å². The van der Waals surface area contributed by atoms with Crippen molar-refractivity contribution in [3.05, 3.63) is 24.0 Å². The summed E-state index contributed by atoms with van der Waals surface area (Å²) < 4.78 is 19.0. The topological polar surface area (TPSA) is 38.5 Å². The largest absolute Gasteiger partial charge is 0.497 e. The average molecular weight is 238 g/mol. The number of nitrogens with zero attached hydrogens (tertiary/aromatic N) is 1. The van der Waals surface area contributed by atoms with Crippen molar-refractivity contribution in [2.45, 2.75) is 31.8 Å². The molecule has 1 aliphatic rings. The molecule has 0 saturated carbocycles. The molecule has 0 aromatic heterocycles. The van der Waals surface area contributed by atoms with Gasteiger partial charge in [-0.05, 0) is 31.9 Å². The lowest BCUT2D eigenvalue weighted by molar-refractivity contribution is 0.408. The third kappa shape index (κ3) is 2.52. The first-order valence-electron chi connectivity index (χ1n) is 5.97. The second kappa shape index (κ2) is 4.92. The third-order valence-corrected chi connectivity index (χ3v) is 3.38. The molecule has 2 N–H and O–H groups in total. The maximum Gasteiger partial charge on any atom is 0.146 e. The molecule has 2 rings (SSSR count). The molecule has 4 heteroatoms. The molecular formula is C13H19FN2O. The third-order valence-electron chi connectivity index (χ3n) is 3.38. The molecular weight excluding hydrogens is 219 g/mol. The fourth-order valence-corrected chi connectivity index (χ4v) is 2.41. The van der Waals surface area contributed by atoms with Gasteiger partial charge in [-0.2, -0.15) is 0 Å². The highest BCUT2D eigenvalue weighted by molar-refractivity contribution is 5.53. The van der Waals surface area contributed by atoms with Crippen LogP contribution in [0.25, 0.3) is 0 Å².